The molecule has 1 N–H and O–H groups in total. The highest BCUT2D eigenvalue weighted by molar-refractivity contribution is 5.94. The molecule has 0 bridgehead atoms. The number of amides is 1. The van der Waals surface area contributed by atoms with Gasteiger partial charge in [0.2, 0.25) is 0 Å². The van der Waals surface area contributed by atoms with Crippen LogP contribution < -0.4 is 10.2 Å². The Balaban J connectivity index is 1.35. The third-order valence-electron chi connectivity index (χ3n) is 4.87. The van der Waals surface area contributed by atoms with Crippen LogP contribution in [0.25, 0.3) is 0 Å². The number of nitrogens with zero attached hydrogens (tertiary/aromatic N) is 5. The number of aromatic nitrogens is 3. The number of hydrogen-bond donors (Lipinski definition) is 1. The molecule has 0 radical (unpaired) electrons. The Bertz CT molecular complexity index is 1030. The highest BCUT2D eigenvalue weighted by atomic mass is 19.1. The van der Waals surface area contributed by atoms with Gasteiger partial charge < -0.3 is 15.1 Å². The van der Waals surface area contributed by atoms with Gasteiger partial charge in [0.25, 0.3) is 5.91 Å². The van der Waals surface area contributed by atoms with Gasteiger partial charge in [-0.05, 0) is 42.8 Å². The van der Waals surface area contributed by atoms with Crippen LogP contribution in [0.1, 0.15) is 15.9 Å². The molecule has 0 aliphatic carbocycles. The normalized spacial score (nSPS) is 14.0. The maximum Gasteiger partial charge on any atom is 0.256 e. The SMILES string of the molecule is Cc1ccc(Nc2ccc(N3CCN(C(=O)c4ccc(F)cc4F)CC3)nn2)nc1. The summed E-state index contributed by atoms with van der Waals surface area (Å²) in [4.78, 5) is 20.3. The summed E-state index contributed by atoms with van der Waals surface area (Å²) in [5.74, 6) is -0.0395. The molecule has 0 saturated carbocycles. The van der Waals surface area contributed by atoms with Crippen LogP contribution in [0.3, 0.4) is 0 Å². The smallest absolute Gasteiger partial charge is 0.256 e. The van der Waals surface area contributed by atoms with Crippen LogP contribution >= 0.6 is 0 Å². The van der Waals surface area contributed by atoms with Crippen molar-refractivity contribution in [2.75, 3.05) is 36.4 Å². The molecular formula is C21H20F2N6O. The average molecular weight is 410 g/mol. The van der Waals surface area contributed by atoms with Gasteiger partial charge in [0.15, 0.2) is 11.6 Å². The lowest BCUT2D eigenvalue weighted by molar-refractivity contribution is 0.0741. The standard InChI is InChI=1S/C21H20F2N6O/c1-14-2-5-18(24-13-14)25-19-6-7-20(27-26-19)28-8-10-29(11-9-28)21(30)16-4-3-15(22)12-17(16)23/h2-7,12-13H,8-11H2,1H3,(H,24,25,26). The zero-order valence-corrected chi connectivity index (χ0v) is 16.3. The minimum Gasteiger partial charge on any atom is -0.352 e. The Morgan fingerprint density at radius 3 is 2.37 bits per heavy atom. The Morgan fingerprint density at radius 2 is 1.73 bits per heavy atom. The van der Waals surface area contributed by atoms with Crippen LogP contribution in [0.5, 0.6) is 0 Å². The van der Waals surface area contributed by atoms with Crippen LogP contribution in [0.15, 0.2) is 48.7 Å². The maximum absolute atomic E-state index is 13.9. The molecule has 1 aliphatic rings. The van der Waals surface area contributed by atoms with Crippen molar-refractivity contribution >= 4 is 23.4 Å². The summed E-state index contributed by atoms with van der Waals surface area (Å²) in [7, 11) is 0. The van der Waals surface area contributed by atoms with Gasteiger partial charge in [-0.3, -0.25) is 4.79 Å². The number of pyridine rings is 1. The molecule has 0 atom stereocenters. The fourth-order valence-corrected chi connectivity index (χ4v) is 3.21. The predicted octanol–water partition coefficient (Wildman–Crippen LogP) is 3.16. The molecule has 1 fully saturated rings. The molecule has 30 heavy (non-hydrogen) atoms. The second kappa shape index (κ2) is 8.40. The van der Waals surface area contributed by atoms with Crippen LogP contribution in [0, 0.1) is 18.6 Å². The van der Waals surface area contributed by atoms with Crippen LogP contribution in [0.2, 0.25) is 0 Å². The number of benzene rings is 1. The molecule has 3 heterocycles. The Morgan fingerprint density at radius 1 is 0.967 bits per heavy atom. The fourth-order valence-electron chi connectivity index (χ4n) is 3.21. The number of halogens is 2. The molecule has 2 aromatic heterocycles. The number of aryl methyl sites for hydroxylation is 1. The first-order valence-electron chi connectivity index (χ1n) is 9.52. The van der Waals surface area contributed by atoms with Crippen molar-refractivity contribution in [2.24, 2.45) is 0 Å². The van der Waals surface area contributed by atoms with Crippen molar-refractivity contribution in [2.45, 2.75) is 6.92 Å². The van der Waals surface area contributed by atoms with E-state index in [4.69, 9.17) is 0 Å². The first-order valence-corrected chi connectivity index (χ1v) is 9.52. The van der Waals surface area contributed by atoms with Gasteiger partial charge in [-0.25, -0.2) is 13.8 Å². The van der Waals surface area contributed by atoms with E-state index in [1.807, 2.05) is 36.1 Å². The number of rotatable bonds is 4. The Labute approximate surface area is 172 Å². The molecule has 3 aromatic rings. The average Bonchev–Trinajstić information content (AvgIpc) is 2.76. The zero-order valence-electron chi connectivity index (χ0n) is 16.3. The van der Waals surface area contributed by atoms with E-state index in [1.54, 1.807) is 11.1 Å². The van der Waals surface area contributed by atoms with E-state index in [0.717, 1.165) is 17.7 Å². The van der Waals surface area contributed by atoms with Gasteiger partial charge in [-0.2, -0.15) is 0 Å². The molecule has 7 nitrogen and oxygen atoms in total. The molecule has 154 valence electrons. The molecule has 9 heteroatoms. The highest BCUT2D eigenvalue weighted by Crippen LogP contribution is 2.18. The summed E-state index contributed by atoms with van der Waals surface area (Å²) in [5, 5.41) is 11.5. The van der Waals surface area contributed by atoms with E-state index in [0.29, 0.717) is 43.6 Å². The van der Waals surface area contributed by atoms with Crippen molar-refractivity contribution in [1.82, 2.24) is 20.1 Å². The number of carbonyl (C=O) groups excluding carboxylic acids is 1. The number of nitrogens with one attached hydrogen (secondary N) is 1. The van der Waals surface area contributed by atoms with E-state index >= 15 is 0 Å². The number of anilines is 3. The minimum atomic E-state index is -0.848. The second-order valence-electron chi connectivity index (χ2n) is 7.03. The van der Waals surface area contributed by atoms with Crippen molar-refractivity contribution in [1.29, 1.82) is 0 Å². The number of piperazine rings is 1. The quantitative estimate of drug-likeness (QED) is 0.712. The summed E-state index contributed by atoms with van der Waals surface area (Å²) in [6.45, 7) is 3.86. The largest absolute Gasteiger partial charge is 0.352 e. The molecule has 0 unspecified atom stereocenters. The molecular weight excluding hydrogens is 390 g/mol. The summed E-state index contributed by atoms with van der Waals surface area (Å²) >= 11 is 0. The van der Waals surface area contributed by atoms with Crippen molar-refractivity contribution in [3.05, 3.63) is 71.4 Å². The monoisotopic (exact) mass is 410 g/mol. The Kier molecular flexibility index (Phi) is 5.51. The fraction of sp³-hybridized carbons (Fsp3) is 0.238. The predicted molar refractivity (Wildman–Crippen MR) is 109 cm³/mol. The topological polar surface area (TPSA) is 74.2 Å². The third-order valence-corrected chi connectivity index (χ3v) is 4.87. The van der Waals surface area contributed by atoms with E-state index in [1.165, 1.54) is 6.07 Å². The second-order valence-corrected chi connectivity index (χ2v) is 7.03. The van der Waals surface area contributed by atoms with Crippen LogP contribution in [-0.2, 0) is 0 Å². The first-order chi connectivity index (χ1) is 14.5. The zero-order chi connectivity index (χ0) is 21.1. The lowest BCUT2D eigenvalue weighted by atomic mass is 10.1. The van der Waals surface area contributed by atoms with Crippen molar-refractivity contribution < 1.29 is 13.6 Å². The lowest BCUT2D eigenvalue weighted by Gasteiger charge is -2.35. The maximum atomic E-state index is 13.9. The molecule has 1 amide bonds. The number of hydrogen-bond acceptors (Lipinski definition) is 6. The molecule has 0 spiro atoms. The van der Waals surface area contributed by atoms with Gasteiger partial charge in [0, 0.05) is 38.4 Å². The molecule has 1 aromatic carbocycles. The van der Waals surface area contributed by atoms with Gasteiger partial charge >= 0.3 is 0 Å². The number of carbonyl (C=O) groups is 1. The van der Waals surface area contributed by atoms with Crippen LogP contribution in [-0.4, -0.2) is 52.2 Å². The van der Waals surface area contributed by atoms with E-state index in [-0.39, 0.29) is 5.56 Å². The minimum absolute atomic E-state index is 0.121. The van der Waals surface area contributed by atoms with E-state index in [9.17, 15) is 13.6 Å². The van der Waals surface area contributed by atoms with Crippen molar-refractivity contribution in [3.8, 4) is 0 Å². The highest BCUT2D eigenvalue weighted by Gasteiger charge is 2.25. The van der Waals surface area contributed by atoms with E-state index < -0.39 is 17.5 Å². The van der Waals surface area contributed by atoms with E-state index in [2.05, 4.69) is 20.5 Å². The van der Waals surface area contributed by atoms with Gasteiger partial charge in [0.1, 0.15) is 17.5 Å². The summed E-state index contributed by atoms with van der Waals surface area (Å²) < 4.78 is 27.0. The summed E-state index contributed by atoms with van der Waals surface area (Å²) in [5.41, 5.74) is 0.951. The van der Waals surface area contributed by atoms with Crippen LogP contribution in [0.4, 0.5) is 26.2 Å². The molecule has 1 saturated heterocycles. The summed E-state index contributed by atoms with van der Waals surface area (Å²) in [6, 6.07) is 10.5. The summed E-state index contributed by atoms with van der Waals surface area (Å²) in [6.07, 6.45) is 1.77. The van der Waals surface area contributed by atoms with Gasteiger partial charge in [-0.1, -0.05) is 6.07 Å². The molecule has 4 rings (SSSR count). The van der Waals surface area contributed by atoms with Crippen molar-refractivity contribution in [3.63, 3.8) is 0 Å². The lowest BCUT2D eigenvalue weighted by Crippen LogP contribution is -2.49. The Hall–Kier alpha value is -3.62. The molecule has 1 aliphatic heterocycles. The van der Waals surface area contributed by atoms with Gasteiger partial charge in [-0.15, -0.1) is 10.2 Å². The van der Waals surface area contributed by atoms with Gasteiger partial charge in [0.05, 0.1) is 5.56 Å². The third kappa shape index (κ3) is 4.35. The first kappa shape index (κ1) is 19.7.